The van der Waals surface area contributed by atoms with Crippen molar-refractivity contribution in [3.05, 3.63) is 80.5 Å². The zero-order chi connectivity index (χ0) is 24.9. The van der Waals surface area contributed by atoms with E-state index in [1.165, 1.54) is 11.8 Å². The van der Waals surface area contributed by atoms with Gasteiger partial charge >= 0.3 is 0 Å². The molecule has 0 fully saturated rings. The van der Waals surface area contributed by atoms with Gasteiger partial charge in [-0.2, -0.15) is 0 Å². The molecule has 180 valence electrons. The molecular formula is C22H22BrCl2N5O3S. The number of benzene rings is 2. The summed E-state index contributed by atoms with van der Waals surface area (Å²) in [5.74, 6) is -0.278. The van der Waals surface area contributed by atoms with Crippen LogP contribution in [-0.2, 0) is 11.3 Å². The van der Waals surface area contributed by atoms with Gasteiger partial charge < -0.3 is 15.8 Å². The van der Waals surface area contributed by atoms with Crippen LogP contribution < -0.4 is 10.7 Å². The minimum Gasteiger partial charge on any atom is -0.483 e. The zero-order valence-corrected chi connectivity index (χ0v) is 22.0. The monoisotopic (exact) mass is 585 g/mol. The molecule has 0 aliphatic rings. The van der Waals surface area contributed by atoms with Crippen molar-refractivity contribution < 1.29 is 14.7 Å². The van der Waals surface area contributed by atoms with Gasteiger partial charge in [0.05, 0.1) is 20.2 Å². The van der Waals surface area contributed by atoms with Crippen molar-refractivity contribution in [2.45, 2.75) is 11.7 Å². The lowest BCUT2D eigenvalue weighted by Gasteiger charge is -2.25. The van der Waals surface area contributed by atoms with E-state index in [1.54, 1.807) is 24.4 Å². The van der Waals surface area contributed by atoms with E-state index in [1.807, 2.05) is 41.6 Å². The van der Waals surface area contributed by atoms with Gasteiger partial charge in [-0.1, -0.05) is 71.4 Å². The third-order valence-corrected chi connectivity index (χ3v) is 6.01. The lowest BCUT2D eigenvalue weighted by Crippen LogP contribution is -2.38. The van der Waals surface area contributed by atoms with Gasteiger partial charge in [0.2, 0.25) is 0 Å². The van der Waals surface area contributed by atoms with E-state index in [4.69, 9.17) is 33.1 Å². The Hall–Kier alpha value is -2.37. The Labute approximate surface area is 220 Å². The molecule has 1 amide bonds. The fourth-order valence-electron chi connectivity index (χ4n) is 2.74. The second-order valence-corrected chi connectivity index (χ2v) is 8.97. The number of hydrogen-bond acceptors (Lipinski definition) is 7. The molecule has 0 radical (unpaired) electrons. The van der Waals surface area contributed by atoms with Crippen LogP contribution >= 0.6 is 50.9 Å². The van der Waals surface area contributed by atoms with Crippen molar-refractivity contribution in [3.63, 3.8) is 0 Å². The Bertz CT molecular complexity index is 1080. The number of nitrogens with one attached hydrogen (secondary N) is 2. The highest BCUT2D eigenvalue weighted by Gasteiger charge is 2.15. The van der Waals surface area contributed by atoms with Crippen molar-refractivity contribution >= 4 is 69.0 Å². The van der Waals surface area contributed by atoms with E-state index in [9.17, 15) is 4.79 Å². The van der Waals surface area contributed by atoms with E-state index in [2.05, 4.69) is 36.6 Å². The first-order valence-corrected chi connectivity index (χ1v) is 12.6. The summed E-state index contributed by atoms with van der Waals surface area (Å²) in [4.78, 5) is 29.4. The summed E-state index contributed by atoms with van der Waals surface area (Å²) in [5.41, 5.74) is 5.31. The first-order chi connectivity index (χ1) is 16.4. The number of hydrazine groups is 1. The van der Waals surface area contributed by atoms with Gasteiger partial charge in [0, 0.05) is 25.8 Å². The molecule has 3 N–H and O–H groups in total. The molecule has 3 aromatic rings. The predicted octanol–water partition coefficient (Wildman–Crippen LogP) is 5.23. The molecule has 0 saturated carbocycles. The molecule has 8 nitrogen and oxygen atoms in total. The van der Waals surface area contributed by atoms with Crippen LogP contribution in [0, 0.1) is 0 Å². The Morgan fingerprint density at radius 1 is 1.18 bits per heavy atom. The first kappa shape index (κ1) is 27.9. The van der Waals surface area contributed by atoms with Gasteiger partial charge in [-0.15, -0.1) is 0 Å². The van der Waals surface area contributed by atoms with E-state index < -0.39 is 0 Å². The number of halogens is 3. The lowest BCUT2D eigenvalue weighted by molar-refractivity contribution is -0.122. The fourth-order valence-corrected chi connectivity index (χ4v) is 3.93. The molecular weight excluding hydrogens is 565 g/mol. The van der Waals surface area contributed by atoms with Crippen LogP contribution in [0.4, 0.5) is 5.69 Å². The van der Waals surface area contributed by atoms with Crippen LogP contribution in [0.2, 0.25) is 10.0 Å². The molecule has 0 atom stereocenters. The van der Waals surface area contributed by atoms with Gasteiger partial charge in [-0.05, 0) is 39.9 Å². The van der Waals surface area contributed by atoms with Crippen LogP contribution in [0.3, 0.4) is 0 Å². The normalized spacial score (nSPS) is 10.3. The quantitative estimate of drug-likeness (QED) is 0.135. The summed E-state index contributed by atoms with van der Waals surface area (Å²) < 4.78 is 0.546. The first-order valence-electron chi connectivity index (χ1n) is 9.81. The van der Waals surface area contributed by atoms with Crippen molar-refractivity contribution in [2.24, 2.45) is 0 Å². The maximum absolute atomic E-state index is 12.6. The molecule has 3 rings (SSSR count). The van der Waals surface area contributed by atoms with E-state index in [0.29, 0.717) is 50.7 Å². The number of anilines is 1. The summed E-state index contributed by atoms with van der Waals surface area (Å²) in [6.45, 7) is 1.22. The Morgan fingerprint density at radius 2 is 1.82 bits per heavy atom. The van der Waals surface area contributed by atoms with E-state index in [0.717, 1.165) is 5.56 Å². The molecule has 0 spiro atoms. The average molecular weight is 587 g/mol. The van der Waals surface area contributed by atoms with Gasteiger partial charge in [0.1, 0.15) is 5.69 Å². The molecule has 0 saturated heterocycles. The SMILES string of the molecule is CSc1ncc(Br)c(C(=O)NCCN(Cc2ccccc2)Nc2c(Cl)cccc2Cl)n1.O=CO. The highest BCUT2D eigenvalue weighted by molar-refractivity contribution is 9.10. The third kappa shape index (κ3) is 8.77. The topological polar surface area (TPSA) is 107 Å². The number of carbonyl (C=O) groups excluding carboxylic acids is 1. The fraction of sp³-hybridized carbons (Fsp3) is 0.182. The molecule has 0 unspecified atom stereocenters. The van der Waals surface area contributed by atoms with Crippen molar-refractivity contribution in [2.75, 3.05) is 24.8 Å². The van der Waals surface area contributed by atoms with Gasteiger partial charge in [-0.3, -0.25) is 9.59 Å². The largest absolute Gasteiger partial charge is 0.483 e. The summed E-state index contributed by atoms with van der Waals surface area (Å²) in [6, 6.07) is 15.3. The number of nitrogens with zero attached hydrogens (tertiary/aromatic N) is 3. The van der Waals surface area contributed by atoms with Gasteiger partial charge in [0.25, 0.3) is 12.4 Å². The highest BCUT2D eigenvalue weighted by atomic mass is 79.9. The number of amides is 1. The maximum Gasteiger partial charge on any atom is 0.290 e. The van der Waals surface area contributed by atoms with E-state index in [-0.39, 0.29) is 12.4 Å². The second-order valence-electron chi connectivity index (χ2n) is 6.53. The lowest BCUT2D eigenvalue weighted by atomic mass is 10.2. The van der Waals surface area contributed by atoms with Gasteiger partial charge in [-0.25, -0.2) is 15.0 Å². The summed E-state index contributed by atoms with van der Waals surface area (Å²) in [6.07, 6.45) is 3.44. The number of carboxylic acid groups (broad SMARTS) is 1. The van der Waals surface area contributed by atoms with Crippen LogP contribution in [0.5, 0.6) is 0 Å². The minimum absolute atomic E-state index is 0.250. The summed E-state index contributed by atoms with van der Waals surface area (Å²) >= 11 is 17.4. The van der Waals surface area contributed by atoms with Crippen LogP contribution in [0.1, 0.15) is 16.1 Å². The second kappa shape index (κ2) is 14.8. The average Bonchev–Trinajstić information content (AvgIpc) is 2.82. The Morgan fingerprint density at radius 3 is 2.44 bits per heavy atom. The molecule has 2 aromatic carbocycles. The van der Waals surface area contributed by atoms with Crippen LogP contribution in [-0.4, -0.2) is 51.8 Å². The standard InChI is InChI=1S/C21H20BrCl2N5OS.CH2O2/c1-31-21-26-12-15(22)18(27-21)20(30)25-10-11-29(13-14-6-3-2-4-7-14)28-19-16(23)8-5-9-17(19)24;2-1-3/h2-9,12,28H,10-11,13H2,1H3,(H,25,30);1H,(H,2,3). The van der Waals surface area contributed by atoms with Crippen LogP contribution in [0.25, 0.3) is 0 Å². The molecule has 34 heavy (non-hydrogen) atoms. The van der Waals surface area contributed by atoms with Crippen LogP contribution in [0.15, 0.2) is 64.4 Å². The maximum atomic E-state index is 12.6. The predicted molar refractivity (Wildman–Crippen MR) is 139 cm³/mol. The number of rotatable bonds is 9. The van der Waals surface area contributed by atoms with E-state index >= 15 is 0 Å². The molecule has 12 heteroatoms. The minimum atomic E-state index is -0.278. The number of aromatic nitrogens is 2. The van der Waals surface area contributed by atoms with Crippen molar-refractivity contribution in [1.29, 1.82) is 0 Å². The molecule has 0 aliphatic carbocycles. The highest BCUT2D eigenvalue weighted by Crippen LogP contribution is 2.30. The molecule has 0 aliphatic heterocycles. The molecule has 0 bridgehead atoms. The number of para-hydroxylation sites is 1. The summed E-state index contributed by atoms with van der Waals surface area (Å²) in [7, 11) is 0. The van der Waals surface area contributed by atoms with Gasteiger partial charge in [0.15, 0.2) is 5.16 Å². The molecule has 1 aromatic heterocycles. The van der Waals surface area contributed by atoms with Crippen molar-refractivity contribution in [3.8, 4) is 0 Å². The third-order valence-electron chi connectivity index (χ3n) is 4.24. The Kier molecular flexibility index (Phi) is 12.1. The summed E-state index contributed by atoms with van der Waals surface area (Å²) in [5, 5.41) is 13.3. The number of thioether (sulfide) groups is 1. The zero-order valence-electron chi connectivity index (χ0n) is 18.0. The number of carbonyl (C=O) groups is 2. The molecule has 1 heterocycles. The number of hydrogen-bond donors (Lipinski definition) is 3. The smallest absolute Gasteiger partial charge is 0.290 e. The Balaban J connectivity index is 0.00000129. The van der Waals surface area contributed by atoms with Crippen molar-refractivity contribution in [1.82, 2.24) is 20.3 Å².